The molecule has 0 aliphatic heterocycles. The Kier molecular flexibility index (Phi) is 3.68. The van der Waals surface area contributed by atoms with Crippen molar-refractivity contribution in [3.05, 3.63) is 53.1 Å². The highest BCUT2D eigenvalue weighted by Gasteiger charge is 2.08. The predicted molar refractivity (Wildman–Crippen MR) is 75.8 cm³/mol. The largest absolute Gasteiger partial charge is 0.507 e. The average molecular weight is 241 g/mol. The first-order valence-electron chi connectivity index (χ1n) is 6.21. The molecular formula is C16H19NO. The summed E-state index contributed by atoms with van der Waals surface area (Å²) in [6.45, 7) is 4.74. The van der Waals surface area contributed by atoms with Gasteiger partial charge in [0, 0.05) is 5.56 Å². The molecule has 2 nitrogen and oxygen atoms in total. The Balaban J connectivity index is 2.55. The van der Waals surface area contributed by atoms with Gasteiger partial charge in [0.15, 0.2) is 0 Å². The Morgan fingerprint density at radius 2 is 1.78 bits per heavy atom. The highest BCUT2D eigenvalue weighted by atomic mass is 16.3. The molecule has 0 aliphatic carbocycles. The topological polar surface area (TPSA) is 46.2 Å². The van der Waals surface area contributed by atoms with Gasteiger partial charge in [0.2, 0.25) is 0 Å². The fraction of sp³-hybridized carbons (Fsp3) is 0.250. The van der Waals surface area contributed by atoms with Gasteiger partial charge in [0.1, 0.15) is 5.75 Å². The van der Waals surface area contributed by atoms with E-state index in [0.717, 1.165) is 23.1 Å². The van der Waals surface area contributed by atoms with Gasteiger partial charge in [0.25, 0.3) is 0 Å². The second-order valence-corrected chi connectivity index (χ2v) is 4.71. The predicted octanol–water partition coefficient (Wildman–Crippen LogP) is 3.18. The van der Waals surface area contributed by atoms with Crippen molar-refractivity contribution in [3.63, 3.8) is 0 Å². The van der Waals surface area contributed by atoms with E-state index in [4.69, 9.17) is 5.73 Å². The fourth-order valence-corrected chi connectivity index (χ4v) is 2.15. The molecule has 0 saturated heterocycles. The van der Waals surface area contributed by atoms with E-state index in [1.807, 2.05) is 12.1 Å². The molecule has 0 atom stereocenters. The van der Waals surface area contributed by atoms with Gasteiger partial charge in [0.05, 0.1) is 0 Å². The molecule has 2 heteroatoms. The van der Waals surface area contributed by atoms with E-state index in [2.05, 4.69) is 32.0 Å². The maximum absolute atomic E-state index is 10.0. The highest BCUT2D eigenvalue weighted by Crippen LogP contribution is 2.33. The summed E-state index contributed by atoms with van der Waals surface area (Å²) >= 11 is 0. The van der Waals surface area contributed by atoms with Gasteiger partial charge in [-0.3, -0.25) is 0 Å². The standard InChI is InChI=1S/C16H19NO/c1-11-3-4-12(2)14(9-11)15-10-13(7-8-17)5-6-16(15)18/h3-6,9-10,18H,7-8,17H2,1-2H3. The number of phenolic OH excluding ortho intramolecular Hbond substituents is 1. The molecule has 0 bridgehead atoms. The van der Waals surface area contributed by atoms with Gasteiger partial charge in [-0.25, -0.2) is 0 Å². The van der Waals surface area contributed by atoms with E-state index < -0.39 is 0 Å². The second kappa shape index (κ2) is 5.23. The number of benzene rings is 2. The van der Waals surface area contributed by atoms with Crippen molar-refractivity contribution in [2.24, 2.45) is 5.73 Å². The van der Waals surface area contributed by atoms with Crippen molar-refractivity contribution in [1.29, 1.82) is 0 Å². The van der Waals surface area contributed by atoms with Crippen LogP contribution >= 0.6 is 0 Å². The molecule has 0 unspecified atom stereocenters. The number of hydrogen-bond acceptors (Lipinski definition) is 2. The summed E-state index contributed by atoms with van der Waals surface area (Å²) in [5.74, 6) is 0.324. The molecule has 2 rings (SSSR count). The zero-order valence-electron chi connectivity index (χ0n) is 10.9. The molecule has 0 saturated carbocycles. The molecule has 0 heterocycles. The highest BCUT2D eigenvalue weighted by molar-refractivity contribution is 5.74. The van der Waals surface area contributed by atoms with Gasteiger partial charge in [-0.1, -0.05) is 29.8 Å². The lowest BCUT2D eigenvalue weighted by Gasteiger charge is -2.11. The van der Waals surface area contributed by atoms with Gasteiger partial charge in [-0.2, -0.15) is 0 Å². The summed E-state index contributed by atoms with van der Waals surface area (Å²) in [6.07, 6.45) is 0.831. The van der Waals surface area contributed by atoms with Crippen LogP contribution < -0.4 is 5.73 Å². The van der Waals surface area contributed by atoms with E-state index in [1.165, 1.54) is 11.1 Å². The smallest absolute Gasteiger partial charge is 0.123 e. The summed E-state index contributed by atoms with van der Waals surface area (Å²) in [4.78, 5) is 0. The molecule has 0 radical (unpaired) electrons. The first-order chi connectivity index (χ1) is 8.61. The van der Waals surface area contributed by atoms with Crippen LogP contribution in [0.25, 0.3) is 11.1 Å². The minimum Gasteiger partial charge on any atom is -0.507 e. The maximum atomic E-state index is 10.0. The molecule has 0 fully saturated rings. The lowest BCUT2D eigenvalue weighted by molar-refractivity contribution is 0.477. The van der Waals surface area contributed by atoms with Crippen LogP contribution in [0.15, 0.2) is 36.4 Å². The summed E-state index contributed by atoms with van der Waals surface area (Å²) in [5.41, 5.74) is 11.1. The summed E-state index contributed by atoms with van der Waals surface area (Å²) in [7, 11) is 0. The maximum Gasteiger partial charge on any atom is 0.123 e. The van der Waals surface area contributed by atoms with E-state index in [-0.39, 0.29) is 0 Å². The van der Waals surface area contributed by atoms with Crippen LogP contribution in [-0.2, 0) is 6.42 Å². The van der Waals surface area contributed by atoms with Crippen molar-refractivity contribution in [2.75, 3.05) is 6.54 Å². The molecule has 18 heavy (non-hydrogen) atoms. The summed E-state index contributed by atoms with van der Waals surface area (Å²) in [6, 6.07) is 12.0. The van der Waals surface area contributed by atoms with Crippen LogP contribution in [0, 0.1) is 13.8 Å². The monoisotopic (exact) mass is 241 g/mol. The van der Waals surface area contributed by atoms with Crippen molar-refractivity contribution < 1.29 is 5.11 Å². The Morgan fingerprint density at radius 3 is 2.50 bits per heavy atom. The van der Waals surface area contributed by atoms with Gasteiger partial charge < -0.3 is 10.8 Å². The number of rotatable bonds is 3. The molecule has 2 aromatic rings. The molecule has 3 N–H and O–H groups in total. The van der Waals surface area contributed by atoms with E-state index in [1.54, 1.807) is 6.07 Å². The van der Waals surface area contributed by atoms with E-state index in [0.29, 0.717) is 12.3 Å². The Labute approximate surface area is 108 Å². The normalized spacial score (nSPS) is 10.6. The van der Waals surface area contributed by atoms with Gasteiger partial charge in [-0.05, 0) is 55.6 Å². The van der Waals surface area contributed by atoms with Crippen molar-refractivity contribution in [2.45, 2.75) is 20.3 Å². The van der Waals surface area contributed by atoms with Gasteiger partial charge in [-0.15, -0.1) is 0 Å². The molecule has 0 spiro atoms. The van der Waals surface area contributed by atoms with Crippen LogP contribution in [0.5, 0.6) is 5.75 Å². The molecule has 94 valence electrons. The number of phenols is 1. The van der Waals surface area contributed by atoms with Crippen molar-refractivity contribution >= 4 is 0 Å². The zero-order valence-corrected chi connectivity index (χ0v) is 10.9. The third-order valence-corrected chi connectivity index (χ3v) is 3.18. The minimum absolute atomic E-state index is 0.324. The quantitative estimate of drug-likeness (QED) is 0.867. The zero-order chi connectivity index (χ0) is 13.1. The molecular weight excluding hydrogens is 222 g/mol. The average Bonchev–Trinajstić information content (AvgIpc) is 2.35. The number of aromatic hydroxyl groups is 1. The molecule has 0 aliphatic rings. The summed E-state index contributed by atoms with van der Waals surface area (Å²) in [5, 5.41) is 10.0. The summed E-state index contributed by atoms with van der Waals surface area (Å²) < 4.78 is 0. The molecule has 0 amide bonds. The number of nitrogens with two attached hydrogens (primary N) is 1. The molecule has 2 aromatic carbocycles. The number of hydrogen-bond donors (Lipinski definition) is 2. The van der Waals surface area contributed by atoms with Crippen LogP contribution in [0.4, 0.5) is 0 Å². The van der Waals surface area contributed by atoms with Gasteiger partial charge >= 0.3 is 0 Å². The minimum atomic E-state index is 0.324. The second-order valence-electron chi connectivity index (χ2n) is 4.71. The Hall–Kier alpha value is -1.80. The lowest BCUT2D eigenvalue weighted by Crippen LogP contribution is -2.02. The van der Waals surface area contributed by atoms with Crippen molar-refractivity contribution in [1.82, 2.24) is 0 Å². The Morgan fingerprint density at radius 1 is 1.00 bits per heavy atom. The van der Waals surface area contributed by atoms with E-state index >= 15 is 0 Å². The third-order valence-electron chi connectivity index (χ3n) is 3.18. The first-order valence-corrected chi connectivity index (χ1v) is 6.21. The van der Waals surface area contributed by atoms with E-state index in [9.17, 15) is 5.11 Å². The van der Waals surface area contributed by atoms with Crippen molar-refractivity contribution in [3.8, 4) is 16.9 Å². The Bertz CT molecular complexity index is 561. The van der Waals surface area contributed by atoms with Crippen LogP contribution in [0.1, 0.15) is 16.7 Å². The van der Waals surface area contributed by atoms with Crippen LogP contribution in [0.3, 0.4) is 0 Å². The first kappa shape index (κ1) is 12.7. The SMILES string of the molecule is Cc1ccc(C)c(-c2cc(CCN)ccc2O)c1. The third kappa shape index (κ3) is 2.54. The lowest BCUT2D eigenvalue weighted by atomic mass is 9.95. The number of aryl methyl sites for hydroxylation is 2. The molecule has 0 aromatic heterocycles. The van der Waals surface area contributed by atoms with Crippen LogP contribution in [0.2, 0.25) is 0 Å². The fourth-order valence-electron chi connectivity index (χ4n) is 2.15. The van der Waals surface area contributed by atoms with Crippen LogP contribution in [-0.4, -0.2) is 11.7 Å².